The molecule has 8 nitrogen and oxygen atoms in total. The van der Waals surface area contributed by atoms with Gasteiger partial charge in [-0.1, -0.05) is 35.5 Å². The van der Waals surface area contributed by atoms with E-state index in [1.807, 2.05) is 24.3 Å². The van der Waals surface area contributed by atoms with E-state index in [0.29, 0.717) is 10.2 Å². The first-order chi connectivity index (χ1) is 14.0. The number of benzene rings is 2. The van der Waals surface area contributed by atoms with Gasteiger partial charge in [0.1, 0.15) is 12.1 Å². The van der Waals surface area contributed by atoms with E-state index in [-0.39, 0.29) is 24.0 Å². The summed E-state index contributed by atoms with van der Waals surface area (Å²) in [6, 6.07) is 14.3. The van der Waals surface area contributed by atoms with E-state index in [4.69, 9.17) is 16.3 Å². The van der Waals surface area contributed by atoms with Crippen molar-refractivity contribution < 1.29 is 14.3 Å². The average molecular weight is 432 g/mol. The summed E-state index contributed by atoms with van der Waals surface area (Å²) in [7, 11) is 1.60. The second-order valence-corrected chi connectivity index (χ2v) is 7.25. The highest BCUT2D eigenvalue weighted by Gasteiger charge is 2.11. The predicted octanol–water partition coefficient (Wildman–Crippen LogP) is 2.41. The first-order valence-corrected chi connectivity index (χ1v) is 9.91. The number of hydrogen-bond donors (Lipinski definition) is 2. The van der Waals surface area contributed by atoms with Crippen LogP contribution >= 0.6 is 23.4 Å². The number of thioether (sulfide) groups is 1. The highest BCUT2D eigenvalue weighted by atomic mass is 35.5. The Morgan fingerprint density at radius 3 is 2.45 bits per heavy atom. The molecule has 0 radical (unpaired) electrons. The van der Waals surface area contributed by atoms with Crippen LogP contribution in [-0.4, -0.2) is 39.4 Å². The van der Waals surface area contributed by atoms with Gasteiger partial charge in [-0.3, -0.25) is 25.0 Å². The first-order valence-electron chi connectivity index (χ1n) is 8.54. The minimum atomic E-state index is -0.358. The van der Waals surface area contributed by atoms with E-state index < -0.39 is 0 Å². The van der Waals surface area contributed by atoms with Gasteiger partial charge in [0.2, 0.25) is 11.8 Å². The van der Waals surface area contributed by atoms with Crippen LogP contribution in [0.5, 0.6) is 5.75 Å². The minimum absolute atomic E-state index is 0.0655. The summed E-state index contributed by atoms with van der Waals surface area (Å²) in [5.74, 6) is 0.122. The molecule has 2 aromatic carbocycles. The molecule has 0 atom stereocenters. The molecule has 0 aliphatic heterocycles. The van der Waals surface area contributed by atoms with Crippen LogP contribution in [0, 0.1) is 0 Å². The van der Waals surface area contributed by atoms with Crippen LogP contribution in [0.25, 0.3) is 5.69 Å². The van der Waals surface area contributed by atoms with Crippen LogP contribution in [0.1, 0.15) is 5.56 Å². The van der Waals surface area contributed by atoms with Crippen molar-refractivity contribution in [3.05, 3.63) is 65.4 Å². The molecule has 150 valence electrons. The van der Waals surface area contributed by atoms with Gasteiger partial charge >= 0.3 is 0 Å². The molecule has 1 aromatic heterocycles. The molecule has 0 spiro atoms. The number of nitrogens with zero attached hydrogens (tertiary/aromatic N) is 3. The van der Waals surface area contributed by atoms with Crippen molar-refractivity contribution in [2.24, 2.45) is 0 Å². The van der Waals surface area contributed by atoms with E-state index in [1.165, 1.54) is 11.8 Å². The summed E-state index contributed by atoms with van der Waals surface area (Å²) < 4.78 is 6.91. The van der Waals surface area contributed by atoms with Gasteiger partial charge in [-0.2, -0.15) is 0 Å². The molecular formula is C19H18ClN5O3S. The molecule has 0 saturated heterocycles. The van der Waals surface area contributed by atoms with Gasteiger partial charge in [0.15, 0.2) is 5.16 Å². The van der Waals surface area contributed by atoms with E-state index in [1.54, 1.807) is 42.3 Å². The van der Waals surface area contributed by atoms with Crippen LogP contribution < -0.4 is 15.6 Å². The summed E-state index contributed by atoms with van der Waals surface area (Å²) in [6.45, 7) is 0. The lowest BCUT2D eigenvalue weighted by Gasteiger charge is -2.09. The number of methoxy groups -OCH3 is 1. The zero-order chi connectivity index (χ0) is 20.6. The number of rotatable bonds is 7. The molecular weight excluding hydrogens is 414 g/mol. The van der Waals surface area contributed by atoms with Crippen molar-refractivity contribution >= 4 is 35.2 Å². The standard InChI is InChI=1S/C19H18ClN5O3S/c1-28-16-8-6-15(7-9-16)25-12-21-24-19(25)29-11-18(27)23-22-17(26)10-13-2-4-14(20)5-3-13/h2-9,12H,10-11H2,1H3,(H,22,26)(H,23,27). The van der Waals surface area contributed by atoms with Crippen LogP contribution in [0.2, 0.25) is 5.02 Å². The van der Waals surface area contributed by atoms with E-state index in [2.05, 4.69) is 21.0 Å². The van der Waals surface area contributed by atoms with Gasteiger partial charge in [-0.25, -0.2) is 0 Å². The van der Waals surface area contributed by atoms with E-state index in [0.717, 1.165) is 17.0 Å². The fraction of sp³-hybridized carbons (Fsp3) is 0.158. The number of hydrogen-bond acceptors (Lipinski definition) is 6. The molecule has 29 heavy (non-hydrogen) atoms. The van der Waals surface area contributed by atoms with Crippen LogP contribution in [0.3, 0.4) is 0 Å². The zero-order valence-electron chi connectivity index (χ0n) is 15.5. The molecule has 0 bridgehead atoms. The maximum atomic E-state index is 12.0. The number of carbonyl (C=O) groups excluding carboxylic acids is 2. The molecule has 2 amide bonds. The summed E-state index contributed by atoms with van der Waals surface area (Å²) in [4.78, 5) is 24.0. The van der Waals surface area contributed by atoms with Crippen molar-refractivity contribution in [2.75, 3.05) is 12.9 Å². The molecule has 3 rings (SSSR count). The predicted molar refractivity (Wildman–Crippen MR) is 110 cm³/mol. The van der Waals surface area contributed by atoms with Gasteiger partial charge in [0.05, 0.1) is 19.3 Å². The maximum absolute atomic E-state index is 12.0. The Morgan fingerprint density at radius 1 is 1.07 bits per heavy atom. The Hall–Kier alpha value is -3.04. The Balaban J connectivity index is 1.47. The quantitative estimate of drug-likeness (QED) is 0.440. The van der Waals surface area contributed by atoms with Crippen molar-refractivity contribution in [3.8, 4) is 11.4 Å². The monoisotopic (exact) mass is 431 g/mol. The number of nitrogens with one attached hydrogen (secondary N) is 2. The minimum Gasteiger partial charge on any atom is -0.497 e. The normalized spacial score (nSPS) is 10.4. The molecule has 1 heterocycles. The van der Waals surface area contributed by atoms with Crippen LogP contribution in [0.15, 0.2) is 60.0 Å². The molecule has 0 fully saturated rings. The Kier molecular flexibility index (Phi) is 7.09. The topological polar surface area (TPSA) is 98.1 Å². The number of hydrazine groups is 1. The van der Waals surface area contributed by atoms with Crippen LogP contribution in [-0.2, 0) is 16.0 Å². The second kappa shape index (κ2) is 9.94. The number of halogens is 1. The highest BCUT2D eigenvalue weighted by molar-refractivity contribution is 7.99. The molecule has 2 N–H and O–H groups in total. The Bertz CT molecular complexity index is 976. The molecule has 0 aliphatic rings. The third kappa shape index (κ3) is 5.97. The third-order valence-electron chi connectivity index (χ3n) is 3.82. The lowest BCUT2D eigenvalue weighted by atomic mass is 10.1. The maximum Gasteiger partial charge on any atom is 0.248 e. The molecule has 0 unspecified atom stereocenters. The fourth-order valence-electron chi connectivity index (χ4n) is 2.38. The van der Waals surface area contributed by atoms with Gasteiger partial charge in [0.25, 0.3) is 0 Å². The summed E-state index contributed by atoms with van der Waals surface area (Å²) >= 11 is 7.02. The van der Waals surface area contributed by atoms with Gasteiger partial charge in [-0.05, 0) is 42.0 Å². The van der Waals surface area contributed by atoms with Gasteiger partial charge in [-0.15, -0.1) is 10.2 Å². The molecule has 10 heteroatoms. The molecule has 0 saturated carbocycles. The summed E-state index contributed by atoms with van der Waals surface area (Å²) in [5, 5.41) is 9.08. The number of amides is 2. The van der Waals surface area contributed by atoms with Crippen molar-refractivity contribution in [2.45, 2.75) is 11.6 Å². The lowest BCUT2D eigenvalue weighted by molar-refractivity contribution is -0.127. The van der Waals surface area contributed by atoms with Crippen LogP contribution in [0.4, 0.5) is 0 Å². The van der Waals surface area contributed by atoms with E-state index in [9.17, 15) is 9.59 Å². The summed E-state index contributed by atoms with van der Waals surface area (Å²) in [6.07, 6.45) is 1.70. The van der Waals surface area contributed by atoms with E-state index >= 15 is 0 Å². The Labute approximate surface area is 176 Å². The fourth-order valence-corrected chi connectivity index (χ4v) is 3.24. The number of aromatic nitrogens is 3. The summed E-state index contributed by atoms with van der Waals surface area (Å²) in [5.41, 5.74) is 6.42. The van der Waals surface area contributed by atoms with Gasteiger partial charge < -0.3 is 4.74 Å². The average Bonchev–Trinajstić information content (AvgIpc) is 3.21. The van der Waals surface area contributed by atoms with Crippen molar-refractivity contribution in [3.63, 3.8) is 0 Å². The van der Waals surface area contributed by atoms with Crippen molar-refractivity contribution in [1.82, 2.24) is 25.6 Å². The van der Waals surface area contributed by atoms with Crippen molar-refractivity contribution in [1.29, 1.82) is 0 Å². The highest BCUT2D eigenvalue weighted by Crippen LogP contribution is 2.21. The molecule has 3 aromatic rings. The number of ether oxygens (including phenoxy) is 1. The largest absolute Gasteiger partial charge is 0.497 e. The lowest BCUT2D eigenvalue weighted by Crippen LogP contribution is -2.43. The molecule has 0 aliphatic carbocycles. The van der Waals surface area contributed by atoms with Gasteiger partial charge in [0, 0.05) is 10.7 Å². The smallest absolute Gasteiger partial charge is 0.248 e. The Morgan fingerprint density at radius 2 is 1.76 bits per heavy atom. The number of carbonyl (C=O) groups is 2. The second-order valence-electron chi connectivity index (χ2n) is 5.87. The first kappa shape index (κ1) is 20.7. The SMILES string of the molecule is COc1ccc(-n2cnnc2SCC(=O)NNC(=O)Cc2ccc(Cl)cc2)cc1. The zero-order valence-corrected chi connectivity index (χ0v) is 17.0. The third-order valence-corrected chi connectivity index (χ3v) is 5.01.